The summed E-state index contributed by atoms with van der Waals surface area (Å²) < 4.78 is 47.2. The number of aliphatic imine (C=N–C) groups is 1. The van der Waals surface area contributed by atoms with Gasteiger partial charge in [0.05, 0.1) is 0 Å². The van der Waals surface area contributed by atoms with Crippen molar-refractivity contribution < 1.29 is 23.0 Å². The van der Waals surface area contributed by atoms with E-state index in [1.54, 1.807) is 0 Å². The summed E-state index contributed by atoms with van der Waals surface area (Å²) in [6.45, 7) is 8.19. The fourth-order valence-corrected chi connectivity index (χ4v) is 2.52. The van der Waals surface area contributed by atoms with Crippen molar-refractivity contribution in [3.63, 3.8) is 0 Å². The summed E-state index contributed by atoms with van der Waals surface area (Å²) in [5.74, 6) is 0.426. The second-order valence-electron chi connectivity index (χ2n) is 6.98. The van der Waals surface area contributed by atoms with Gasteiger partial charge in [0.25, 0.3) is 0 Å². The molecule has 0 spiro atoms. The number of halogens is 4. The lowest BCUT2D eigenvalue weighted by Gasteiger charge is -2.30. The van der Waals surface area contributed by atoms with Crippen LogP contribution in [0.15, 0.2) is 17.4 Å². The van der Waals surface area contributed by atoms with Crippen molar-refractivity contribution in [1.82, 2.24) is 20.2 Å². The molecule has 3 N–H and O–H groups in total. The van der Waals surface area contributed by atoms with Gasteiger partial charge in [-0.2, -0.15) is 13.2 Å². The predicted molar refractivity (Wildman–Crippen MR) is 117 cm³/mol. The Morgan fingerprint density at radius 2 is 2.03 bits per heavy atom. The minimum atomic E-state index is -4.85. The monoisotopic (exact) mass is 535 g/mol. The molecular weight excluding hydrogens is 502 g/mol. The molecule has 29 heavy (non-hydrogen) atoms. The van der Waals surface area contributed by atoms with Crippen LogP contribution < -0.4 is 10.6 Å². The summed E-state index contributed by atoms with van der Waals surface area (Å²) in [5.41, 5.74) is -3.04. The van der Waals surface area contributed by atoms with Gasteiger partial charge in [-0.25, -0.2) is 4.98 Å². The maximum absolute atomic E-state index is 13.5. The van der Waals surface area contributed by atoms with Crippen LogP contribution >= 0.6 is 24.0 Å². The van der Waals surface area contributed by atoms with E-state index in [0.29, 0.717) is 44.6 Å². The average Bonchev–Trinajstić information content (AvgIpc) is 3.03. The van der Waals surface area contributed by atoms with E-state index < -0.39 is 24.0 Å². The molecule has 0 radical (unpaired) electrons. The van der Waals surface area contributed by atoms with Gasteiger partial charge in [0.1, 0.15) is 5.82 Å². The second-order valence-corrected chi connectivity index (χ2v) is 6.98. The highest BCUT2D eigenvalue weighted by Crippen LogP contribution is 2.40. The van der Waals surface area contributed by atoms with Crippen LogP contribution in [-0.2, 0) is 17.4 Å². The number of ether oxygens (including phenoxy) is 1. The number of rotatable bonds is 11. The highest BCUT2D eigenvalue weighted by molar-refractivity contribution is 14.0. The molecule has 0 saturated carbocycles. The Labute approximate surface area is 187 Å². The maximum atomic E-state index is 13.5. The zero-order chi connectivity index (χ0) is 21.2. The van der Waals surface area contributed by atoms with E-state index in [-0.39, 0.29) is 30.5 Å². The van der Waals surface area contributed by atoms with E-state index in [1.165, 1.54) is 24.0 Å². The van der Waals surface area contributed by atoms with Crippen LogP contribution in [0.2, 0.25) is 0 Å². The average molecular weight is 535 g/mol. The molecule has 0 fully saturated rings. The van der Waals surface area contributed by atoms with Gasteiger partial charge in [0, 0.05) is 58.7 Å². The minimum absolute atomic E-state index is 0. The third-order valence-electron chi connectivity index (χ3n) is 3.95. The summed E-state index contributed by atoms with van der Waals surface area (Å²) in [5, 5.41) is 16.1. The van der Waals surface area contributed by atoms with Gasteiger partial charge in [-0.1, -0.05) is 13.8 Å². The number of aliphatic hydroxyl groups is 1. The van der Waals surface area contributed by atoms with Gasteiger partial charge in [-0.3, -0.25) is 4.99 Å². The molecular formula is C18H33F3IN5O2. The Morgan fingerprint density at radius 3 is 2.55 bits per heavy atom. The van der Waals surface area contributed by atoms with Gasteiger partial charge in [-0.15, -0.1) is 24.0 Å². The number of aryl methyl sites for hydroxylation is 1. The van der Waals surface area contributed by atoms with Crippen LogP contribution in [0, 0.1) is 5.92 Å². The van der Waals surface area contributed by atoms with Crippen molar-refractivity contribution in [1.29, 1.82) is 0 Å². The lowest BCUT2D eigenvalue weighted by molar-refractivity contribution is -0.272. The first kappa shape index (κ1) is 27.9. The molecule has 170 valence electrons. The normalized spacial score (nSPS) is 14.4. The number of guanidine groups is 1. The molecule has 1 unspecified atom stereocenters. The van der Waals surface area contributed by atoms with Gasteiger partial charge >= 0.3 is 6.18 Å². The minimum Gasteiger partial charge on any atom is -0.381 e. The predicted octanol–water partition coefficient (Wildman–Crippen LogP) is 2.80. The fraction of sp³-hybridized carbons (Fsp3) is 0.778. The molecule has 0 aliphatic carbocycles. The van der Waals surface area contributed by atoms with Crippen LogP contribution in [0.4, 0.5) is 13.2 Å². The van der Waals surface area contributed by atoms with E-state index in [1.807, 2.05) is 6.92 Å². The summed E-state index contributed by atoms with van der Waals surface area (Å²) in [4.78, 5) is 8.01. The lowest BCUT2D eigenvalue weighted by atomic mass is 9.97. The molecule has 1 atom stereocenters. The first-order chi connectivity index (χ1) is 13.1. The number of aromatic nitrogens is 2. The molecule has 11 heteroatoms. The van der Waals surface area contributed by atoms with Crippen LogP contribution in [0.1, 0.15) is 39.4 Å². The van der Waals surface area contributed by atoms with Gasteiger partial charge in [0.15, 0.2) is 5.96 Å². The molecule has 0 amide bonds. The van der Waals surface area contributed by atoms with Gasteiger partial charge in [-0.05, 0) is 19.3 Å². The topological polar surface area (TPSA) is 83.7 Å². The molecule has 1 rings (SSSR count). The number of hydrogen-bond acceptors (Lipinski definition) is 4. The standard InChI is InChI=1S/C18H32F3N5O2.HI/c1-5-22-16(24-8-6-12-28-13-14(2)3)25-9-7-17(27,18(19,20)21)15-23-10-11-26(15)4;/h10-11,14,27H,5-9,12-13H2,1-4H3,(H2,22,24,25);1H. The summed E-state index contributed by atoms with van der Waals surface area (Å²) >= 11 is 0. The Kier molecular flexibility index (Phi) is 12.8. The first-order valence-electron chi connectivity index (χ1n) is 9.48. The van der Waals surface area contributed by atoms with Crippen molar-refractivity contribution >= 4 is 29.9 Å². The number of nitrogens with zero attached hydrogens (tertiary/aromatic N) is 3. The Balaban J connectivity index is 0.00000784. The highest BCUT2D eigenvalue weighted by Gasteiger charge is 2.57. The lowest BCUT2D eigenvalue weighted by Crippen LogP contribution is -2.48. The quantitative estimate of drug-likeness (QED) is 0.176. The molecule has 0 aromatic carbocycles. The fourth-order valence-electron chi connectivity index (χ4n) is 2.52. The molecule has 7 nitrogen and oxygen atoms in total. The van der Waals surface area contributed by atoms with Crippen LogP contribution in [-0.4, -0.2) is 59.6 Å². The van der Waals surface area contributed by atoms with Crippen molar-refractivity contribution in [3.8, 4) is 0 Å². The smallest absolute Gasteiger partial charge is 0.381 e. The van der Waals surface area contributed by atoms with E-state index >= 15 is 0 Å². The highest BCUT2D eigenvalue weighted by atomic mass is 127. The molecule has 1 aromatic rings. The maximum Gasteiger partial charge on any atom is 0.424 e. The number of hydrogen-bond donors (Lipinski definition) is 3. The Morgan fingerprint density at radius 1 is 1.34 bits per heavy atom. The Bertz CT molecular complexity index is 611. The Hall–Kier alpha value is -1.08. The van der Waals surface area contributed by atoms with Gasteiger partial charge < -0.3 is 25.0 Å². The second kappa shape index (κ2) is 13.3. The molecule has 1 heterocycles. The largest absolute Gasteiger partial charge is 0.424 e. The van der Waals surface area contributed by atoms with Crippen molar-refractivity contribution in [3.05, 3.63) is 18.2 Å². The van der Waals surface area contributed by atoms with Crippen molar-refractivity contribution in [2.45, 2.75) is 45.4 Å². The number of imidazole rings is 1. The van der Waals surface area contributed by atoms with E-state index in [0.717, 1.165) is 0 Å². The summed E-state index contributed by atoms with van der Waals surface area (Å²) in [6, 6.07) is 0. The number of alkyl halides is 3. The summed E-state index contributed by atoms with van der Waals surface area (Å²) in [6.07, 6.45) is -2.14. The van der Waals surface area contributed by atoms with Crippen molar-refractivity contribution in [2.75, 3.05) is 32.8 Å². The van der Waals surface area contributed by atoms with E-state index in [9.17, 15) is 18.3 Å². The van der Waals surface area contributed by atoms with Crippen LogP contribution in [0.5, 0.6) is 0 Å². The first-order valence-corrected chi connectivity index (χ1v) is 9.48. The number of nitrogens with one attached hydrogen (secondary N) is 2. The van der Waals surface area contributed by atoms with Crippen molar-refractivity contribution in [2.24, 2.45) is 18.0 Å². The zero-order valence-corrected chi connectivity index (χ0v) is 19.8. The van der Waals surface area contributed by atoms with Crippen LogP contribution in [0.25, 0.3) is 0 Å². The van der Waals surface area contributed by atoms with E-state index in [4.69, 9.17) is 4.74 Å². The molecule has 0 aliphatic rings. The molecule has 1 aromatic heterocycles. The van der Waals surface area contributed by atoms with Gasteiger partial charge in [0.2, 0.25) is 5.60 Å². The molecule has 0 bridgehead atoms. The molecule has 0 saturated heterocycles. The third kappa shape index (κ3) is 9.08. The zero-order valence-electron chi connectivity index (χ0n) is 17.4. The van der Waals surface area contributed by atoms with E-state index in [2.05, 4.69) is 34.5 Å². The SMILES string of the molecule is CCNC(=NCCCOCC(C)C)NCCC(O)(c1nccn1C)C(F)(F)F.I. The third-order valence-corrected chi connectivity index (χ3v) is 3.95. The molecule has 0 aliphatic heterocycles. The van der Waals surface area contributed by atoms with Crippen LogP contribution in [0.3, 0.4) is 0 Å². The summed E-state index contributed by atoms with van der Waals surface area (Å²) in [7, 11) is 1.42.